The Labute approximate surface area is 175 Å². The maximum absolute atomic E-state index is 13.1. The summed E-state index contributed by atoms with van der Waals surface area (Å²) in [5.74, 6) is -0.109. The molecule has 2 atom stereocenters. The summed E-state index contributed by atoms with van der Waals surface area (Å²) < 4.78 is 1.72. The molecular formula is C23H27N3O2S. The van der Waals surface area contributed by atoms with Gasteiger partial charge in [0.1, 0.15) is 0 Å². The highest BCUT2D eigenvalue weighted by Gasteiger charge is 2.21. The van der Waals surface area contributed by atoms with Crippen molar-refractivity contribution in [2.45, 2.75) is 57.5 Å². The van der Waals surface area contributed by atoms with E-state index in [0.29, 0.717) is 16.1 Å². The Morgan fingerprint density at radius 2 is 1.90 bits per heavy atom. The Morgan fingerprint density at radius 1 is 1.17 bits per heavy atom. The molecule has 0 radical (unpaired) electrons. The molecule has 0 fully saturated rings. The van der Waals surface area contributed by atoms with Gasteiger partial charge in [-0.1, -0.05) is 43.0 Å². The fourth-order valence-corrected chi connectivity index (χ4v) is 4.11. The smallest absolute Gasteiger partial charge is 0.262 e. The van der Waals surface area contributed by atoms with Gasteiger partial charge in [0.25, 0.3) is 5.56 Å². The largest absolute Gasteiger partial charge is 0.325 e. The SMILES string of the molecule is CC[C@H](C)n1c(S[C@@H](C)C(=O)Nc2cc(C)ccc2C)nc2ccccc2c1=O. The summed E-state index contributed by atoms with van der Waals surface area (Å²) in [5.41, 5.74) is 3.51. The molecule has 29 heavy (non-hydrogen) atoms. The zero-order valence-electron chi connectivity index (χ0n) is 17.5. The molecule has 0 unspecified atom stereocenters. The highest BCUT2D eigenvalue weighted by molar-refractivity contribution is 8.00. The van der Waals surface area contributed by atoms with Crippen LogP contribution in [0.15, 0.2) is 52.4 Å². The van der Waals surface area contributed by atoms with Gasteiger partial charge < -0.3 is 5.32 Å². The normalized spacial score (nSPS) is 13.3. The average molecular weight is 410 g/mol. The first-order valence-electron chi connectivity index (χ1n) is 9.87. The third-order valence-electron chi connectivity index (χ3n) is 5.11. The maximum Gasteiger partial charge on any atom is 0.262 e. The standard InChI is InChI=1S/C23H27N3O2S/c1-6-16(4)26-22(28)18-9-7-8-10-19(18)25-23(26)29-17(5)21(27)24-20-13-14(2)11-12-15(20)3/h7-13,16-17H,6H2,1-5H3,(H,24,27)/t16-,17-/m0/s1. The van der Waals surface area contributed by atoms with E-state index in [-0.39, 0.29) is 17.5 Å². The second-order valence-electron chi connectivity index (χ2n) is 7.41. The molecule has 3 aromatic rings. The maximum atomic E-state index is 13.1. The van der Waals surface area contributed by atoms with Crippen LogP contribution in [-0.4, -0.2) is 20.7 Å². The summed E-state index contributed by atoms with van der Waals surface area (Å²) in [4.78, 5) is 30.6. The first-order valence-corrected chi connectivity index (χ1v) is 10.8. The van der Waals surface area contributed by atoms with Crippen molar-refractivity contribution in [1.82, 2.24) is 9.55 Å². The van der Waals surface area contributed by atoms with Gasteiger partial charge in [-0.3, -0.25) is 14.2 Å². The number of benzene rings is 2. The first kappa shape index (κ1) is 21.1. The van der Waals surface area contributed by atoms with E-state index in [2.05, 4.69) is 5.32 Å². The predicted molar refractivity (Wildman–Crippen MR) is 121 cm³/mol. The molecular weight excluding hydrogens is 382 g/mol. The van der Waals surface area contributed by atoms with E-state index in [1.54, 1.807) is 10.6 Å². The van der Waals surface area contributed by atoms with Gasteiger partial charge >= 0.3 is 0 Å². The topological polar surface area (TPSA) is 64.0 Å². The number of rotatable bonds is 6. The van der Waals surface area contributed by atoms with Gasteiger partial charge in [-0.25, -0.2) is 4.98 Å². The number of nitrogens with one attached hydrogen (secondary N) is 1. The summed E-state index contributed by atoms with van der Waals surface area (Å²) >= 11 is 1.32. The molecule has 1 N–H and O–H groups in total. The van der Waals surface area contributed by atoms with E-state index in [4.69, 9.17) is 4.98 Å². The van der Waals surface area contributed by atoms with Crippen molar-refractivity contribution in [1.29, 1.82) is 0 Å². The minimum atomic E-state index is -0.404. The number of fused-ring (bicyclic) bond motifs is 1. The van der Waals surface area contributed by atoms with Crippen molar-refractivity contribution < 1.29 is 4.79 Å². The van der Waals surface area contributed by atoms with Gasteiger partial charge in [-0.2, -0.15) is 0 Å². The van der Waals surface area contributed by atoms with Crippen LogP contribution in [0.3, 0.4) is 0 Å². The van der Waals surface area contributed by atoms with Crippen molar-refractivity contribution >= 4 is 34.3 Å². The molecule has 0 aliphatic heterocycles. The number of amides is 1. The second kappa shape index (κ2) is 8.82. The third-order valence-corrected chi connectivity index (χ3v) is 6.18. The van der Waals surface area contributed by atoms with Gasteiger partial charge in [0.05, 0.1) is 16.2 Å². The van der Waals surface area contributed by atoms with Gasteiger partial charge in [-0.15, -0.1) is 0 Å². The van der Waals surface area contributed by atoms with E-state index in [1.807, 2.05) is 71.0 Å². The Balaban J connectivity index is 1.93. The molecule has 1 heterocycles. The number of hydrogen-bond acceptors (Lipinski definition) is 4. The molecule has 5 nitrogen and oxygen atoms in total. The van der Waals surface area contributed by atoms with Crippen LogP contribution in [0, 0.1) is 13.8 Å². The molecule has 6 heteroatoms. The highest BCUT2D eigenvalue weighted by atomic mass is 32.2. The van der Waals surface area contributed by atoms with Crippen LogP contribution in [0.25, 0.3) is 10.9 Å². The third kappa shape index (κ3) is 4.53. The van der Waals surface area contributed by atoms with E-state index >= 15 is 0 Å². The van der Waals surface area contributed by atoms with Crippen LogP contribution in [0.1, 0.15) is 44.4 Å². The van der Waals surface area contributed by atoms with Gasteiger partial charge in [0, 0.05) is 11.7 Å². The van der Waals surface area contributed by atoms with Crippen molar-refractivity contribution in [3.63, 3.8) is 0 Å². The van der Waals surface area contributed by atoms with Crippen LogP contribution < -0.4 is 10.9 Å². The molecule has 0 spiro atoms. The number of hydrogen-bond donors (Lipinski definition) is 1. The van der Waals surface area contributed by atoms with Crippen LogP contribution >= 0.6 is 11.8 Å². The fourth-order valence-electron chi connectivity index (χ4n) is 3.10. The first-order chi connectivity index (χ1) is 13.8. The number of aryl methyl sites for hydroxylation is 2. The molecule has 0 saturated heterocycles. The summed E-state index contributed by atoms with van der Waals surface area (Å²) in [6.07, 6.45) is 0.802. The minimum Gasteiger partial charge on any atom is -0.325 e. The van der Waals surface area contributed by atoms with Gasteiger partial charge in [0.2, 0.25) is 5.91 Å². The van der Waals surface area contributed by atoms with Crippen LogP contribution in [0.4, 0.5) is 5.69 Å². The number of carbonyl (C=O) groups is 1. The van der Waals surface area contributed by atoms with E-state index < -0.39 is 5.25 Å². The molecule has 1 amide bonds. The lowest BCUT2D eigenvalue weighted by molar-refractivity contribution is -0.115. The summed E-state index contributed by atoms with van der Waals surface area (Å²) in [6, 6.07) is 13.3. The quantitative estimate of drug-likeness (QED) is 0.454. The summed E-state index contributed by atoms with van der Waals surface area (Å²) in [7, 11) is 0. The molecule has 0 aliphatic rings. The lowest BCUT2D eigenvalue weighted by Gasteiger charge is -2.20. The molecule has 2 aromatic carbocycles. The van der Waals surface area contributed by atoms with E-state index in [1.165, 1.54) is 11.8 Å². The van der Waals surface area contributed by atoms with Crippen molar-refractivity contribution in [3.8, 4) is 0 Å². The van der Waals surface area contributed by atoms with Gasteiger partial charge in [-0.05, 0) is 63.4 Å². The molecule has 152 valence electrons. The average Bonchev–Trinajstić information content (AvgIpc) is 2.70. The van der Waals surface area contributed by atoms with Crippen LogP contribution in [0.2, 0.25) is 0 Å². The lowest BCUT2D eigenvalue weighted by atomic mass is 10.1. The van der Waals surface area contributed by atoms with E-state index in [9.17, 15) is 9.59 Å². The monoisotopic (exact) mass is 409 g/mol. The molecule has 1 aromatic heterocycles. The number of aromatic nitrogens is 2. The molecule has 0 saturated carbocycles. The summed E-state index contributed by atoms with van der Waals surface area (Å²) in [6.45, 7) is 9.85. The number of anilines is 1. The molecule has 0 aliphatic carbocycles. The highest BCUT2D eigenvalue weighted by Crippen LogP contribution is 2.27. The fraction of sp³-hybridized carbons (Fsp3) is 0.348. The Hall–Kier alpha value is -2.60. The number of nitrogens with zero attached hydrogens (tertiary/aromatic N) is 2. The van der Waals surface area contributed by atoms with Crippen molar-refractivity contribution in [3.05, 3.63) is 63.9 Å². The zero-order chi connectivity index (χ0) is 21.1. The Morgan fingerprint density at radius 3 is 2.62 bits per heavy atom. The van der Waals surface area contributed by atoms with Gasteiger partial charge in [0.15, 0.2) is 5.16 Å². The molecule has 3 rings (SSSR count). The second-order valence-corrected chi connectivity index (χ2v) is 8.72. The van der Waals surface area contributed by atoms with Crippen molar-refractivity contribution in [2.75, 3.05) is 5.32 Å². The van der Waals surface area contributed by atoms with Crippen LogP contribution in [0.5, 0.6) is 0 Å². The number of carbonyl (C=O) groups excluding carboxylic acids is 1. The Kier molecular flexibility index (Phi) is 6.42. The van der Waals surface area contributed by atoms with Crippen LogP contribution in [-0.2, 0) is 4.79 Å². The zero-order valence-corrected chi connectivity index (χ0v) is 18.3. The molecule has 0 bridgehead atoms. The Bertz CT molecular complexity index is 1110. The minimum absolute atomic E-state index is 0.00335. The number of thioether (sulfide) groups is 1. The number of para-hydroxylation sites is 1. The lowest BCUT2D eigenvalue weighted by Crippen LogP contribution is -2.28. The van der Waals surface area contributed by atoms with E-state index in [0.717, 1.165) is 23.2 Å². The van der Waals surface area contributed by atoms with Crippen molar-refractivity contribution in [2.24, 2.45) is 0 Å². The summed E-state index contributed by atoms with van der Waals surface area (Å²) in [5, 5.41) is 3.78. The predicted octanol–water partition coefficient (Wildman–Crippen LogP) is 5.10.